The van der Waals surface area contributed by atoms with Crippen LogP contribution in [0.3, 0.4) is 0 Å². The van der Waals surface area contributed by atoms with Gasteiger partial charge in [-0.05, 0) is 43.9 Å². The quantitative estimate of drug-likeness (QED) is 0.897. The average Bonchev–Trinajstić information content (AvgIpc) is 3.06. The van der Waals surface area contributed by atoms with Crippen LogP contribution in [0.4, 0.5) is 8.78 Å². The smallest absolute Gasteiger partial charge is 0.248 e. The lowest BCUT2D eigenvalue weighted by atomic mass is 9.82. The number of thiazole rings is 1. The molecule has 120 valence electrons. The van der Waals surface area contributed by atoms with Crippen LogP contribution < -0.4 is 0 Å². The zero-order valence-electron chi connectivity index (χ0n) is 12.3. The number of alkyl halides is 2. The monoisotopic (exact) mass is 326 g/mol. The van der Waals surface area contributed by atoms with E-state index in [2.05, 4.69) is 4.98 Å². The van der Waals surface area contributed by atoms with Gasteiger partial charge in [0.15, 0.2) is 0 Å². The van der Waals surface area contributed by atoms with Crippen molar-refractivity contribution >= 4 is 16.2 Å². The van der Waals surface area contributed by atoms with E-state index < -0.39 is 12.0 Å². The molecule has 1 N–H and O–H groups in total. The summed E-state index contributed by atoms with van der Waals surface area (Å²) in [6.07, 6.45) is 6.89. The van der Waals surface area contributed by atoms with Gasteiger partial charge >= 0.3 is 0 Å². The molecule has 0 radical (unpaired) electrons. The second-order valence-corrected chi connectivity index (χ2v) is 7.86. The van der Waals surface area contributed by atoms with Crippen LogP contribution in [0.25, 0.3) is 4.83 Å². The maximum atomic E-state index is 13.6. The molecule has 2 aromatic heterocycles. The molecular formula is C16H20F2N2OS. The highest BCUT2D eigenvalue weighted by Gasteiger charge is 2.38. The van der Waals surface area contributed by atoms with Crippen molar-refractivity contribution in [2.45, 2.75) is 62.9 Å². The van der Waals surface area contributed by atoms with Crippen molar-refractivity contribution in [1.82, 2.24) is 9.38 Å². The maximum Gasteiger partial charge on any atom is 0.248 e. The summed E-state index contributed by atoms with van der Waals surface area (Å²) < 4.78 is 29.1. The third-order valence-electron chi connectivity index (χ3n) is 4.89. The Labute approximate surface area is 132 Å². The van der Waals surface area contributed by atoms with E-state index in [9.17, 15) is 13.9 Å². The van der Waals surface area contributed by atoms with E-state index in [0.717, 1.165) is 29.8 Å². The summed E-state index contributed by atoms with van der Waals surface area (Å²) in [5, 5.41) is 10.7. The van der Waals surface area contributed by atoms with Crippen LogP contribution in [0, 0.1) is 5.92 Å². The molecule has 2 heterocycles. The number of aliphatic hydroxyl groups is 1. The van der Waals surface area contributed by atoms with Gasteiger partial charge in [0.1, 0.15) is 11.2 Å². The highest BCUT2D eigenvalue weighted by molar-refractivity contribution is 7.17. The van der Waals surface area contributed by atoms with Crippen LogP contribution >= 0.6 is 11.3 Å². The number of imidazole rings is 1. The molecule has 2 atom stereocenters. The number of hydrogen-bond donors (Lipinski definition) is 1. The first kappa shape index (κ1) is 14.6. The molecule has 6 heteroatoms. The minimum absolute atomic E-state index is 0.00284. The van der Waals surface area contributed by atoms with Gasteiger partial charge in [0.2, 0.25) is 5.92 Å². The van der Waals surface area contributed by atoms with Crippen molar-refractivity contribution in [3.63, 3.8) is 0 Å². The molecular weight excluding hydrogens is 306 g/mol. The summed E-state index contributed by atoms with van der Waals surface area (Å²) >= 11 is 1.68. The van der Waals surface area contributed by atoms with Gasteiger partial charge in [0.05, 0.1) is 18.0 Å². The van der Waals surface area contributed by atoms with E-state index in [1.165, 1.54) is 4.88 Å². The molecule has 0 saturated heterocycles. The molecule has 2 saturated carbocycles. The summed E-state index contributed by atoms with van der Waals surface area (Å²) in [6.45, 7) is 0. The van der Waals surface area contributed by atoms with E-state index in [0.29, 0.717) is 18.8 Å². The number of hydrogen-bond acceptors (Lipinski definition) is 3. The molecule has 0 amide bonds. The van der Waals surface area contributed by atoms with Gasteiger partial charge in [-0.15, -0.1) is 11.3 Å². The maximum absolute atomic E-state index is 13.6. The van der Waals surface area contributed by atoms with Crippen molar-refractivity contribution in [2.24, 2.45) is 5.92 Å². The number of halogens is 2. The fraction of sp³-hybridized carbons (Fsp3) is 0.688. The molecule has 4 rings (SSSR count). The topological polar surface area (TPSA) is 37.5 Å². The summed E-state index contributed by atoms with van der Waals surface area (Å²) in [5.41, 5.74) is 0.897. The molecule has 0 aliphatic heterocycles. The van der Waals surface area contributed by atoms with Crippen LogP contribution in [0.1, 0.15) is 67.5 Å². The van der Waals surface area contributed by atoms with Crippen LogP contribution in [0.5, 0.6) is 0 Å². The lowest BCUT2D eigenvalue weighted by Crippen LogP contribution is -2.27. The van der Waals surface area contributed by atoms with Crippen molar-refractivity contribution in [1.29, 1.82) is 0 Å². The average molecular weight is 326 g/mol. The van der Waals surface area contributed by atoms with Gasteiger partial charge in [0.25, 0.3) is 0 Å². The van der Waals surface area contributed by atoms with E-state index in [1.54, 1.807) is 17.7 Å². The van der Waals surface area contributed by atoms with E-state index in [-0.39, 0.29) is 18.8 Å². The third-order valence-corrected chi connectivity index (χ3v) is 6.17. The summed E-state index contributed by atoms with van der Waals surface area (Å²) in [6, 6.07) is 0. The lowest BCUT2D eigenvalue weighted by molar-refractivity contribution is -0.0593. The number of rotatable bonds is 4. The van der Waals surface area contributed by atoms with Crippen molar-refractivity contribution in [3.8, 4) is 0 Å². The number of fused-ring (bicyclic) bond motifs is 1. The zero-order chi connectivity index (χ0) is 15.3. The lowest BCUT2D eigenvalue weighted by Gasteiger charge is -2.30. The van der Waals surface area contributed by atoms with Crippen LogP contribution in [0.2, 0.25) is 0 Å². The predicted molar refractivity (Wildman–Crippen MR) is 81.5 cm³/mol. The Morgan fingerprint density at radius 3 is 2.95 bits per heavy atom. The van der Waals surface area contributed by atoms with E-state index in [1.807, 2.05) is 10.6 Å². The Morgan fingerprint density at radius 1 is 1.41 bits per heavy atom. The Hall–Kier alpha value is -1.01. The minimum atomic E-state index is -2.55. The molecule has 0 bridgehead atoms. The Balaban J connectivity index is 1.58. The molecule has 0 aromatic carbocycles. The molecule has 2 aromatic rings. The second-order valence-electron chi connectivity index (χ2n) is 6.80. The van der Waals surface area contributed by atoms with Gasteiger partial charge in [-0.2, -0.15) is 0 Å². The van der Waals surface area contributed by atoms with Gasteiger partial charge < -0.3 is 5.11 Å². The summed E-state index contributed by atoms with van der Waals surface area (Å²) in [5.74, 6) is -2.10. The SMILES string of the molecule is OC(CC1CCCC(F)(F)C1)c1c(C2CC2)sc2cncn12. The molecule has 2 aliphatic carbocycles. The summed E-state index contributed by atoms with van der Waals surface area (Å²) in [7, 11) is 0. The Morgan fingerprint density at radius 2 is 2.23 bits per heavy atom. The van der Waals surface area contributed by atoms with E-state index in [4.69, 9.17) is 0 Å². The third kappa shape index (κ3) is 2.67. The highest BCUT2D eigenvalue weighted by atomic mass is 32.1. The van der Waals surface area contributed by atoms with Crippen LogP contribution in [-0.2, 0) is 0 Å². The van der Waals surface area contributed by atoms with Crippen LogP contribution in [-0.4, -0.2) is 20.4 Å². The highest BCUT2D eigenvalue weighted by Crippen LogP contribution is 2.48. The molecule has 2 fully saturated rings. The van der Waals surface area contributed by atoms with Gasteiger partial charge in [-0.25, -0.2) is 13.8 Å². The minimum Gasteiger partial charge on any atom is -0.387 e. The normalized spacial score (nSPS) is 26.4. The zero-order valence-corrected chi connectivity index (χ0v) is 13.2. The van der Waals surface area contributed by atoms with Gasteiger partial charge in [-0.3, -0.25) is 4.40 Å². The van der Waals surface area contributed by atoms with Crippen molar-refractivity contribution in [2.75, 3.05) is 0 Å². The first-order valence-electron chi connectivity index (χ1n) is 8.04. The molecule has 2 aliphatic rings. The van der Waals surface area contributed by atoms with Gasteiger partial charge in [-0.1, -0.05) is 0 Å². The number of nitrogens with zero attached hydrogens (tertiary/aromatic N) is 2. The largest absolute Gasteiger partial charge is 0.387 e. The molecule has 3 nitrogen and oxygen atoms in total. The van der Waals surface area contributed by atoms with Crippen molar-refractivity contribution in [3.05, 3.63) is 23.1 Å². The van der Waals surface area contributed by atoms with Crippen molar-refractivity contribution < 1.29 is 13.9 Å². The molecule has 0 spiro atoms. The van der Waals surface area contributed by atoms with Crippen LogP contribution in [0.15, 0.2) is 12.5 Å². The Bertz CT molecular complexity index is 677. The summed E-state index contributed by atoms with van der Waals surface area (Å²) in [4.78, 5) is 6.40. The molecule has 2 unspecified atom stereocenters. The van der Waals surface area contributed by atoms with Gasteiger partial charge in [0, 0.05) is 17.7 Å². The fourth-order valence-corrected chi connectivity index (χ4v) is 5.01. The first-order valence-corrected chi connectivity index (χ1v) is 8.86. The Kier molecular flexibility index (Phi) is 3.49. The second kappa shape index (κ2) is 5.27. The first-order chi connectivity index (χ1) is 10.5. The van der Waals surface area contributed by atoms with E-state index >= 15 is 0 Å². The predicted octanol–water partition coefficient (Wildman–Crippen LogP) is 4.52. The number of aliphatic hydroxyl groups excluding tert-OH is 1. The number of aromatic nitrogens is 2. The standard InChI is InChI=1S/C16H20F2N2OS/c17-16(18)5-1-2-10(7-16)6-12(21)14-15(11-3-4-11)22-13-8-19-9-20(13)14/h8-12,21H,1-7H2. The molecule has 22 heavy (non-hydrogen) atoms. The fourth-order valence-electron chi connectivity index (χ4n) is 3.69.